The second-order valence-corrected chi connectivity index (χ2v) is 6.43. The summed E-state index contributed by atoms with van der Waals surface area (Å²) >= 11 is 0. The topological polar surface area (TPSA) is 47.4 Å². The fraction of sp³-hybridized carbons (Fsp3) is 0.474. The first-order chi connectivity index (χ1) is 11.5. The van der Waals surface area contributed by atoms with Crippen molar-refractivity contribution in [3.63, 3.8) is 0 Å². The first-order valence-corrected chi connectivity index (χ1v) is 8.54. The summed E-state index contributed by atoms with van der Waals surface area (Å²) in [5.41, 5.74) is 4.14. The van der Waals surface area contributed by atoms with Gasteiger partial charge in [-0.15, -0.1) is 0 Å². The number of rotatable bonds is 3. The third kappa shape index (κ3) is 3.03. The average Bonchev–Trinajstić information content (AvgIpc) is 2.75. The second kappa shape index (κ2) is 6.67. The van der Waals surface area contributed by atoms with Crippen molar-refractivity contribution < 1.29 is 9.53 Å². The molecule has 0 fully saturated rings. The minimum Gasteiger partial charge on any atom is -0.491 e. The van der Waals surface area contributed by atoms with Crippen LogP contribution in [0.4, 0.5) is 0 Å². The molecule has 1 amide bonds. The van der Waals surface area contributed by atoms with Crippen LogP contribution in [0.2, 0.25) is 0 Å². The highest BCUT2D eigenvalue weighted by Gasteiger charge is 2.27. The van der Waals surface area contributed by atoms with Crippen molar-refractivity contribution in [2.24, 2.45) is 0 Å². The molecule has 2 heterocycles. The van der Waals surface area contributed by atoms with Gasteiger partial charge in [-0.25, -0.2) is 0 Å². The largest absolute Gasteiger partial charge is 0.491 e. The van der Waals surface area contributed by atoms with E-state index in [-0.39, 0.29) is 11.9 Å². The van der Waals surface area contributed by atoms with Gasteiger partial charge in [0.1, 0.15) is 12.4 Å². The summed E-state index contributed by atoms with van der Waals surface area (Å²) in [4.78, 5) is 14.9. The molecule has 0 spiro atoms. The summed E-state index contributed by atoms with van der Waals surface area (Å²) < 4.78 is 7.81. The lowest BCUT2D eigenvalue weighted by molar-refractivity contribution is -0.133. The minimum absolute atomic E-state index is 0.0479. The second-order valence-electron chi connectivity index (χ2n) is 6.43. The van der Waals surface area contributed by atoms with Crippen LogP contribution in [0.3, 0.4) is 0 Å². The zero-order valence-corrected chi connectivity index (χ0v) is 14.9. The van der Waals surface area contributed by atoms with Crippen LogP contribution in [-0.4, -0.2) is 33.2 Å². The Labute approximate surface area is 143 Å². The van der Waals surface area contributed by atoms with E-state index in [2.05, 4.69) is 12.0 Å². The van der Waals surface area contributed by atoms with Crippen LogP contribution in [0, 0.1) is 13.8 Å². The van der Waals surface area contributed by atoms with E-state index < -0.39 is 0 Å². The summed E-state index contributed by atoms with van der Waals surface area (Å²) in [6, 6.07) is 7.99. The maximum atomic E-state index is 13.0. The van der Waals surface area contributed by atoms with Crippen molar-refractivity contribution >= 4 is 5.91 Å². The van der Waals surface area contributed by atoms with Gasteiger partial charge < -0.3 is 9.64 Å². The number of para-hydroxylation sites is 1. The van der Waals surface area contributed by atoms with Crippen molar-refractivity contribution in [1.82, 2.24) is 14.7 Å². The quantitative estimate of drug-likeness (QED) is 0.871. The molecule has 1 aliphatic rings. The first-order valence-electron chi connectivity index (χ1n) is 8.54. The number of aromatic nitrogens is 2. The lowest BCUT2D eigenvalue weighted by atomic mass is 10.1. The molecule has 5 nitrogen and oxygen atoms in total. The molecule has 3 rings (SSSR count). The highest BCUT2D eigenvalue weighted by atomic mass is 16.5. The molecule has 1 aromatic heterocycles. The van der Waals surface area contributed by atoms with Gasteiger partial charge in [-0.2, -0.15) is 5.10 Å². The standard InChI is InChI=1S/C19H25N3O2/c1-5-22-15(4)17(14(3)20-22)10-19(23)21-11-16-8-6-7-9-18(16)24-12-13(21)2/h6-9,13H,5,10-12H2,1-4H3. The van der Waals surface area contributed by atoms with Crippen LogP contribution >= 0.6 is 0 Å². The third-order valence-corrected chi connectivity index (χ3v) is 4.80. The predicted octanol–water partition coefficient (Wildman–Crippen LogP) is 2.87. The zero-order valence-electron chi connectivity index (χ0n) is 14.9. The Morgan fingerprint density at radius 2 is 2.08 bits per heavy atom. The number of aryl methyl sites for hydroxylation is 2. The van der Waals surface area contributed by atoms with Crippen LogP contribution in [0.1, 0.15) is 36.4 Å². The highest BCUT2D eigenvalue weighted by molar-refractivity contribution is 5.79. The number of carbonyl (C=O) groups is 1. The molecule has 0 aliphatic carbocycles. The number of fused-ring (bicyclic) bond motifs is 1. The van der Waals surface area contributed by atoms with E-state index in [1.54, 1.807) is 0 Å². The van der Waals surface area contributed by atoms with Crippen LogP contribution in [0.5, 0.6) is 5.75 Å². The van der Waals surface area contributed by atoms with E-state index >= 15 is 0 Å². The van der Waals surface area contributed by atoms with E-state index in [9.17, 15) is 4.79 Å². The first kappa shape index (κ1) is 16.6. The smallest absolute Gasteiger partial charge is 0.227 e. The maximum absolute atomic E-state index is 13.0. The van der Waals surface area contributed by atoms with Crippen LogP contribution in [-0.2, 0) is 24.3 Å². The molecule has 0 radical (unpaired) electrons. The molecular formula is C19H25N3O2. The van der Waals surface area contributed by atoms with Crippen LogP contribution in [0.25, 0.3) is 0 Å². The third-order valence-electron chi connectivity index (χ3n) is 4.80. The Morgan fingerprint density at radius 3 is 2.79 bits per heavy atom. The van der Waals surface area contributed by atoms with E-state index in [1.165, 1.54) is 0 Å². The molecule has 128 valence electrons. The fourth-order valence-corrected chi connectivity index (χ4v) is 3.30. The normalized spacial score (nSPS) is 17.2. The van der Waals surface area contributed by atoms with Gasteiger partial charge in [-0.1, -0.05) is 18.2 Å². The molecule has 5 heteroatoms. The van der Waals surface area contributed by atoms with Crippen LogP contribution < -0.4 is 4.74 Å². The summed E-state index contributed by atoms with van der Waals surface area (Å²) in [6.07, 6.45) is 0.393. The molecule has 0 bridgehead atoms. The van der Waals surface area contributed by atoms with Gasteiger partial charge in [0.25, 0.3) is 0 Å². The Balaban J connectivity index is 1.83. The molecule has 2 aromatic rings. The fourth-order valence-electron chi connectivity index (χ4n) is 3.30. The molecule has 1 unspecified atom stereocenters. The molecule has 1 atom stereocenters. The Morgan fingerprint density at radius 1 is 1.33 bits per heavy atom. The Kier molecular flexibility index (Phi) is 4.60. The molecule has 24 heavy (non-hydrogen) atoms. The van der Waals surface area contributed by atoms with Gasteiger partial charge in [0, 0.05) is 29.9 Å². The van der Waals surface area contributed by atoms with Gasteiger partial charge in [0.15, 0.2) is 0 Å². The van der Waals surface area contributed by atoms with Crippen molar-refractivity contribution in [2.45, 2.75) is 53.2 Å². The molecular weight excluding hydrogens is 302 g/mol. The Bertz CT molecular complexity index is 751. The lowest BCUT2D eigenvalue weighted by Gasteiger charge is -2.26. The number of hydrogen-bond donors (Lipinski definition) is 0. The van der Waals surface area contributed by atoms with Gasteiger partial charge in [-0.3, -0.25) is 9.48 Å². The van der Waals surface area contributed by atoms with Gasteiger partial charge >= 0.3 is 0 Å². The molecule has 1 aliphatic heterocycles. The predicted molar refractivity (Wildman–Crippen MR) is 93.0 cm³/mol. The molecule has 0 N–H and O–H groups in total. The number of carbonyl (C=O) groups excluding carboxylic acids is 1. The number of hydrogen-bond acceptors (Lipinski definition) is 3. The lowest BCUT2D eigenvalue weighted by Crippen LogP contribution is -2.40. The van der Waals surface area contributed by atoms with Gasteiger partial charge in [0.2, 0.25) is 5.91 Å². The maximum Gasteiger partial charge on any atom is 0.227 e. The number of ether oxygens (including phenoxy) is 1. The number of amides is 1. The van der Waals surface area contributed by atoms with Gasteiger partial charge in [-0.05, 0) is 33.8 Å². The van der Waals surface area contributed by atoms with E-state index in [0.717, 1.165) is 34.8 Å². The van der Waals surface area contributed by atoms with E-state index in [1.807, 2.05) is 54.6 Å². The average molecular weight is 327 g/mol. The van der Waals surface area contributed by atoms with Crippen molar-refractivity contribution in [3.05, 3.63) is 46.8 Å². The monoisotopic (exact) mass is 327 g/mol. The Hall–Kier alpha value is -2.30. The van der Waals surface area contributed by atoms with Crippen LogP contribution in [0.15, 0.2) is 24.3 Å². The highest BCUT2D eigenvalue weighted by Crippen LogP contribution is 2.25. The summed E-state index contributed by atoms with van der Waals surface area (Å²) in [5.74, 6) is 1.01. The summed E-state index contributed by atoms with van der Waals surface area (Å²) in [7, 11) is 0. The minimum atomic E-state index is 0.0479. The summed E-state index contributed by atoms with van der Waals surface area (Å²) in [5, 5.41) is 4.52. The number of benzene rings is 1. The van der Waals surface area contributed by atoms with E-state index in [4.69, 9.17) is 4.74 Å². The molecule has 1 aromatic carbocycles. The number of nitrogens with zero attached hydrogens (tertiary/aromatic N) is 3. The van der Waals surface area contributed by atoms with Crippen molar-refractivity contribution in [1.29, 1.82) is 0 Å². The zero-order chi connectivity index (χ0) is 17.3. The SMILES string of the molecule is CCn1nc(C)c(CC(=O)N2Cc3ccccc3OCC2C)c1C. The van der Waals surface area contributed by atoms with E-state index in [0.29, 0.717) is 19.6 Å². The van der Waals surface area contributed by atoms with Crippen molar-refractivity contribution in [2.75, 3.05) is 6.61 Å². The summed E-state index contributed by atoms with van der Waals surface area (Å²) in [6.45, 7) is 10.1. The molecule has 0 saturated heterocycles. The van der Waals surface area contributed by atoms with Crippen molar-refractivity contribution in [3.8, 4) is 5.75 Å². The molecule has 0 saturated carbocycles. The van der Waals surface area contributed by atoms with Gasteiger partial charge in [0.05, 0.1) is 18.2 Å².